The van der Waals surface area contributed by atoms with Crippen molar-refractivity contribution in [3.63, 3.8) is 0 Å². The second kappa shape index (κ2) is 8.26. The van der Waals surface area contributed by atoms with Crippen molar-refractivity contribution in [3.05, 3.63) is 78.0 Å². The van der Waals surface area contributed by atoms with Crippen LogP contribution in [0.15, 0.2) is 71.3 Å². The minimum atomic E-state index is -0.622. The van der Waals surface area contributed by atoms with Gasteiger partial charge in [0.15, 0.2) is 5.76 Å². The van der Waals surface area contributed by atoms with Gasteiger partial charge in [0.05, 0.1) is 18.2 Å². The zero-order valence-electron chi connectivity index (χ0n) is 13.8. The molecule has 2 aromatic carbocycles. The van der Waals surface area contributed by atoms with E-state index in [1.165, 1.54) is 0 Å². The zero-order valence-corrected chi connectivity index (χ0v) is 13.8. The van der Waals surface area contributed by atoms with E-state index in [4.69, 9.17) is 4.52 Å². The lowest BCUT2D eigenvalue weighted by molar-refractivity contribution is -0.121. The molecule has 0 unspecified atom stereocenters. The highest BCUT2D eigenvalue weighted by atomic mass is 16.5. The Hall–Kier alpha value is -2.92. The monoisotopic (exact) mass is 336 g/mol. The Labute approximate surface area is 146 Å². The standard InChI is InChI=1S/C20H20N2O3/c23-18(11-15-7-3-1-4-8-15)14-21-20(24)13-17-12-19(25-22-17)16-9-5-2-6-10-16/h1-10,12,18,23H,11,13-14H2,(H,21,24)/t18-/m1/s1. The number of aliphatic hydroxyl groups excluding tert-OH is 1. The van der Waals surface area contributed by atoms with Crippen molar-refractivity contribution in [3.8, 4) is 11.3 Å². The van der Waals surface area contributed by atoms with Gasteiger partial charge in [0, 0.05) is 24.6 Å². The summed E-state index contributed by atoms with van der Waals surface area (Å²) < 4.78 is 5.28. The number of carbonyl (C=O) groups is 1. The molecule has 0 fully saturated rings. The zero-order chi connectivity index (χ0) is 17.5. The van der Waals surface area contributed by atoms with Crippen molar-refractivity contribution in [1.82, 2.24) is 10.5 Å². The van der Waals surface area contributed by atoms with Crippen LogP contribution in [0.5, 0.6) is 0 Å². The molecule has 1 amide bonds. The molecule has 5 heteroatoms. The SMILES string of the molecule is O=C(Cc1cc(-c2ccccc2)on1)NC[C@H](O)Cc1ccccc1. The largest absolute Gasteiger partial charge is 0.391 e. The molecule has 0 radical (unpaired) electrons. The lowest BCUT2D eigenvalue weighted by Crippen LogP contribution is -2.34. The third-order valence-electron chi connectivity index (χ3n) is 3.81. The number of hydrogen-bond donors (Lipinski definition) is 2. The minimum absolute atomic E-state index is 0.119. The van der Waals surface area contributed by atoms with E-state index in [0.29, 0.717) is 17.9 Å². The van der Waals surface area contributed by atoms with E-state index in [-0.39, 0.29) is 18.9 Å². The maximum absolute atomic E-state index is 12.0. The number of amides is 1. The number of rotatable bonds is 7. The van der Waals surface area contributed by atoms with Crippen molar-refractivity contribution in [2.24, 2.45) is 0 Å². The predicted octanol–water partition coefficient (Wildman–Crippen LogP) is 2.60. The van der Waals surface area contributed by atoms with Gasteiger partial charge in [0.2, 0.25) is 5.91 Å². The van der Waals surface area contributed by atoms with Gasteiger partial charge in [0.25, 0.3) is 0 Å². The van der Waals surface area contributed by atoms with Gasteiger partial charge >= 0.3 is 0 Å². The molecule has 0 spiro atoms. The average molecular weight is 336 g/mol. The Morgan fingerprint density at radius 2 is 1.76 bits per heavy atom. The van der Waals surface area contributed by atoms with Gasteiger partial charge in [-0.25, -0.2) is 0 Å². The summed E-state index contributed by atoms with van der Waals surface area (Å²) in [6.07, 6.45) is 0.000922. The van der Waals surface area contributed by atoms with Gasteiger partial charge in [-0.1, -0.05) is 65.8 Å². The van der Waals surface area contributed by atoms with E-state index >= 15 is 0 Å². The summed E-state index contributed by atoms with van der Waals surface area (Å²) in [5.74, 6) is 0.438. The van der Waals surface area contributed by atoms with Crippen LogP contribution in [0.25, 0.3) is 11.3 Å². The number of aliphatic hydroxyl groups is 1. The predicted molar refractivity (Wildman–Crippen MR) is 94.8 cm³/mol. The Bertz CT molecular complexity index is 800. The van der Waals surface area contributed by atoms with Crippen LogP contribution < -0.4 is 5.32 Å². The van der Waals surface area contributed by atoms with Crippen LogP contribution in [0, 0.1) is 0 Å². The summed E-state index contributed by atoms with van der Waals surface area (Å²) >= 11 is 0. The van der Waals surface area contributed by atoms with Crippen LogP contribution in [0.2, 0.25) is 0 Å². The summed E-state index contributed by atoms with van der Waals surface area (Å²) in [5, 5.41) is 16.7. The second-order valence-corrected chi connectivity index (χ2v) is 5.87. The molecule has 1 atom stereocenters. The quantitative estimate of drug-likeness (QED) is 0.695. The molecule has 0 aliphatic heterocycles. The van der Waals surface area contributed by atoms with Gasteiger partial charge in [-0.2, -0.15) is 0 Å². The molecule has 0 aliphatic rings. The van der Waals surface area contributed by atoms with E-state index in [9.17, 15) is 9.90 Å². The molecule has 0 aliphatic carbocycles. The molecular weight excluding hydrogens is 316 g/mol. The van der Waals surface area contributed by atoms with Crippen LogP contribution in [0.4, 0.5) is 0 Å². The summed E-state index contributed by atoms with van der Waals surface area (Å²) in [6, 6.07) is 21.0. The summed E-state index contributed by atoms with van der Waals surface area (Å²) in [6.45, 7) is 0.205. The maximum atomic E-state index is 12.0. The van der Waals surface area contributed by atoms with Gasteiger partial charge in [0.1, 0.15) is 0 Å². The van der Waals surface area contributed by atoms with Crippen LogP contribution in [0.3, 0.4) is 0 Å². The molecule has 1 heterocycles. The third-order valence-corrected chi connectivity index (χ3v) is 3.81. The molecular formula is C20H20N2O3. The fourth-order valence-corrected chi connectivity index (χ4v) is 2.55. The fourth-order valence-electron chi connectivity index (χ4n) is 2.55. The topological polar surface area (TPSA) is 75.4 Å². The minimum Gasteiger partial charge on any atom is -0.391 e. The molecule has 5 nitrogen and oxygen atoms in total. The average Bonchev–Trinajstić information content (AvgIpc) is 3.10. The number of carbonyl (C=O) groups excluding carboxylic acids is 1. The number of hydrogen-bond acceptors (Lipinski definition) is 4. The molecule has 3 aromatic rings. The van der Waals surface area contributed by atoms with Gasteiger partial charge in [-0.15, -0.1) is 0 Å². The molecule has 1 aromatic heterocycles. The smallest absolute Gasteiger partial charge is 0.226 e. The summed E-state index contributed by atoms with van der Waals surface area (Å²) in [5.41, 5.74) is 2.52. The molecule has 25 heavy (non-hydrogen) atoms. The lowest BCUT2D eigenvalue weighted by Gasteiger charge is -2.11. The van der Waals surface area contributed by atoms with Crippen molar-refractivity contribution >= 4 is 5.91 Å². The van der Waals surface area contributed by atoms with Crippen LogP contribution >= 0.6 is 0 Å². The maximum Gasteiger partial charge on any atom is 0.226 e. The van der Waals surface area contributed by atoms with E-state index < -0.39 is 6.10 Å². The first-order chi connectivity index (χ1) is 12.2. The molecule has 0 bridgehead atoms. The normalized spacial score (nSPS) is 11.9. The molecule has 0 saturated carbocycles. The van der Waals surface area contributed by atoms with E-state index in [0.717, 1.165) is 11.1 Å². The van der Waals surface area contributed by atoms with Gasteiger partial charge in [-0.05, 0) is 5.56 Å². The first-order valence-corrected chi connectivity index (χ1v) is 8.20. The Morgan fingerprint density at radius 1 is 1.08 bits per heavy atom. The van der Waals surface area contributed by atoms with Crippen LogP contribution in [-0.2, 0) is 17.6 Å². The van der Waals surface area contributed by atoms with Crippen molar-refractivity contribution < 1.29 is 14.4 Å². The number of nitrogens with zero attached hydrogens (tertiary/aromatic N) is 1. The van der Waals surface area contributed by atoms with Crippen molar-refractivity contribution in [2.75, 3.05) is 6.54 Å². The molecule has 128 valence electrons. The van der Waals surface area contributed by atoms with Gasteiger partial charge in [-0.3, -0.25) is 4.79 Å². The Morgan fingerprint density at radius 3 is 2.48 bits per heavy atom. The van der Waals surface area contributed by atoms with E-state index in [1.54, 1.807) is 6.07 Å². The van der Waals surface area contributed by atoms with Crippen molar-refractivity contribution in [1.29, 1.82) is 0 Å². The van der Waals surface area contributed by atoms with Gasteiger partial charge < -0.3 is 14.9 Å². The molecule has 2 N–H and O–H groups in total. The first-order valence-electron chi connectivity index (χ1n) is 8.20. The van der Waals surface area contributed by atoms with Crippen molar-refractivity contribution in [2.45, 2.75) is 18.9 Å². The highest BCUT2D eigenvalue weighted by molar-refractivity contribution is 5.78. The lowest BCUT2D eigenvalue weighted by atomic mass is 10.1. The second-order valence-electron chi connectivity index (χ2n) is 5.87. The van der Waals surface area contributed by atoms with Crippen LogP contribution in [0.1, 0.15) is 11.3 Å². The highest BCUT2D eigenvalue weighted by Gasteiger charge is 2.12. The summed E-state index contributed by atoms with van der Waals surface area (Å²) in [7, 11) is 0. The molecule has 3 rings (SSSR count). The highest BCUT2D eigenvalue weighted by Crippen LogP contribution is 2.19. The Balaban J connectivity index is 1.47. The third kappa shape index (κ3) is 5.02. The van der Waals surface area contributed by atoms with E-state index in [1.807, 2.05) is 60.7 Å². The van der Waals surface area contributed by atoms with E-state index in [2.05, 4.69) is 10.5 Å². The number of nitrogens with one attached hydrogen (secondary N) is 1. The molecule has 0 saturated heterocycles. The number of aromatic nitrogens is 1. The Kier molecular flexibility index (Phi) is 5.59. The summed E-state index contributed by atoms with van der Waals surface area (Å²) in [4.78, 5) is 12.0. The fraction of sp³-hybridized carbons (Fsp3) is 0.200. The van der Waals surface area contributed by atoms with Crippen LogP contribution in [-0.4, -0.2) is 28.8 Å². The number of benzene rings is 2. The first kappa shape index (κ1) is 16.9.